The Hall–Kier alpha value is -0.820. The minimum absolute atomic E-state index is 0.0626. The molecule has 0 radical (unpaired) electrons. The summed E-state index contributed by atoms with van der Waals surface area (Å²) < 4.78 is 32.5. The van der Waals surface area contributed by atoms with Crippen LogP contribution in [0.5, 0.6) is 0 Å². The molecule has 5 nitrogen and oxygen atoms in total. The van der Waals surface area contributed by atoms with Crippen molar-refractivity contribution in [1.82, 2.24) is 4.31 Å². The van der Waals surface area contributed by atoms with E-state index in [4.69, 9.17) is 22.1 Å². The van der Waals surface area contributed by atoms with Crippen molar-refractivity contribution in [2.45, 2.75) is 37.2 Å². The molecule has 118 valence electrons. The highest BCUT2D eigenvalue weighted by molar-refractivity contribution is 7.89. The van der Waals surface area contributed by atoms with Crippen LogP contribution in [0.1, 0.15) is 25.3 Å². The molecule has 0 spiro atoms. The van der Waals surface area contributed by atoms with Gasteiger partial charge in [-0.1, -0.05) is 11.6 Å². The number of piperidine rings is 1. The summed E-state index contributed by atoms with van der Waals surface area (Å²) in [5.41, 5.74) is 6.55. The van der Waals surface area contributed by atoms with E-state index in [1.165, 1.54) is 10.4 Å². The van der Waals surface area contributed by atoms with Crippen LogP contribution in [0.15, 0.2) is 17.0 Å². The molecule has 2 N–H and O–H groups in total. The molecule has 2 rings (SSSR count). The Balaban J connectivity index is 2.41. The summed E-state index contributed by atoms with van der Waals surface area (Å²) in [4.78, 5) is 0.0626. The molecule has 7 heteroatoms. The van der Waals surface area contributed by atoms with Gasteiger partial charge < -0.3 is 10.5 Å². The Labute approximate surface area is 131 Å². The fraction of sp³-hybridized carbons (Fsp3) is 0.571. The molecule has 0 amide bonds. The lowest BCUT2D eigenvalue weighted by atomic mass is 9.96. The maximum atomic E-state index is 12.8. The topological polar surface area (TPSA) is 72.6 Å². The predicted octanol–water partition coefficient (Wildman–Crippen LogP) is 2.42. The van der Waals surface area contributed by atoms with Gasteiger partial charge in [0.15, 0.2) is 0 Å². The van der Waals surface area contributed by atoms with Crippen LogP contribution in [-0.4, -0.2) is 38.5 Å². The van der Waals surface area contributed by atoms with E-state index in [0.717, 1.165) is 18.4 Å². The van der Waals surface area contributed by atoms with Gasteiger partial charge in [-0.25, -0.2) is 8.42 Å². The lowest BCUT2D eigenvalue weighted by Crippen LogP contribution is -2.49. The molecule has 21 heavy (non-hydrogen) atoms. The van der Waals surface area contributed by atoms with Crippen LogP contribution < -0.4 is 5.73 Å². The molecule has 1 unspecified atom stereocenters. The van der Waals surface area contributed by atoms with Crippen LogP contribution in [0, 0.1) is 6.92 Å². The summed E-state index contributed by atoms with van der Waals surface area (Å²) in [6.45, 7) is 4.49. The van der Waals surface area contributed by atoms with Crippen LogP contribution in [0.2, 0.25) is 5.02 Å². The van der Waals surface area contributed by atoms with E-state index in [2.05, 4.69) is 0 Å². The second-order valence-electron chi connectivity index (χ2n) is 5.74. The largest absolute Gasteiger partial charge is 0.398 e. The van der Waals surface area contributed by atoms with Crippen LogP contribution >= 0.6 is 11.6 Å². The van der Waals surface area contributed by atoms with Gasteiger partial charge in [-0.15, -0.1) is 0 Å². The third-order valence-corrected chi connectivity index (χ3v) is 6.36. The monoisotopic (exact) mass is 332 g/mol. The molecule has 0 aliphatic carbocycles. The van der Waals surface area contributed by atoms with Gasteiger partial charge >= 0.3 is 0 Å². The Bertz CT molecular complexity index is 648. The highest BCUT2D eigenvalue weighted by Crippen LogP contribution is 2.33. The third-order valence-electron chi connectivity index (χ3n) is 4.06. The first-order valence-electron chi connectivity index (χ1n) is 6.80. The molecule has 0 saturated carbocycles. The van der Waals surface area contributed by atoms with E-state index >= 15 is 0 Å². The SMILES string of the molecule is COC1(C)CCCN(S(=O)(=O)c2cc(N)c(C)cc2Cl)C1. The zero-order valence-corrected chi connectivity index (χ0v) is 14.1. The Morgan fingerprint density at radius 2 is 2.10 bits per heavy atom. The first-order valence-corrected chi connectivity index (χ1v) is 8.62. The number of benzene rings is 1. The van der Waals surface area contributed by atoms with Gasteiger partial charge in [-0.05, 0) is 44.4 Å². The van der Waals surface area contributed by atoms with Gasteiger partial charge in [-0.2, -0.15) is 4.31 Å². The smallest absolute Gasteiger partial charge is 0.244 e. The molecule has 0 aromatic heterocycles. The van der Waals surface area contributed by atoms with Crippen LogP contribution in [0.4, 0.5) is 5.69 Å². The molecular formula is C14H21ClN2O3S. The third kappa shape index (κ3) is 3.18. The maximum Gasteiger partial charge on any atom is 0.244 e. The normalized spacial score (nSPS) is 24.2. The van der Waals surface area contributed by atoms with Gasteiger partial charge in [0.1, 0.15) is 4.90 Å². The number of anilines is 1. The summed E-state index contributed by atoms with van der Waals surface area (Å²) in [5, 5.41) is 0.200. The zero-order valence-electron chi connectivity index (χ0n) is 12.5. The molecule has 1 aliphatic rings. The predicted molar refractivity (Wildman–Crippen MR) is 84.0 cm³/mol. The summed E-state index contributed by atoms with van der Waals surface area (Å²) in [7, 11) is -2.07. The van der Waals surface area contributed by atoms with Crippen LogP contribution in [0.25, 0.3) is 0 Å². The summed E-state index contributed by atoms with van der Waals surface area (Å²) in [6.07, 6.45) is 1.59. The molecule has 1 fully saturated rings. The lowest BCUT2D eigenvalue weighted by molar-refractivity contribution is -0.0319. The number of nitrogens with zero attached hydrogens (tertiary/aromatic N) is 1. The van der Waals surface area contributed by atoms with Gasteiger partial charge in [0.2, 0.25) is 10.0 Å². The van der Waals surface area contributed by atoms with E-state index in [-0.39, 0.29) is 9.92 Å². The van der Waals surface area contributed by atoms with Gasteiger partial charge in [0.05, 0.1) is 10.6 Å². The first kappa shape index (κ1) is 16.5. The second kappa shape index (κ2) is 5.76. The van der Waals surface area contributed by atoms with Crippen molar-refractivity contribution in [1.29, 1.82) is 0 Å². The summed E-state index contributed by atoms with van der Waals surface area (Å²) in [5.74, 6) is 0. The highest BCUT2D eigenvalue weighted by Gasteiger charge is 2.37. The van der Waals surface area contributed by atoms with Crippen molar-refractivity contribution in [3.63, 3.8) is 0 Å². The van der Waals surface area contributed by atoms with Crippen molar-refractivity contribution in [2.24, 2.45) is 0 Å². The number of methoxy groups -OCH3 is 1. The minimum atomic E-state index is -3.67. The molecule has 1 aromatic rings. The van der Waals surface area contributed by atoms with Crippen LogP contribution in [-0.2, 0) is 14.8 Å². The number of nitrogens with two attached hydrogens (primary N) is 1. The molecule has 1 saturated heterocycles. The number of hydrogen-bond donors (Lipinski definition) is 1. The van der Waals surface area contributed by atoms with E-state index in [9.17, 15) is 8.42 Å². The molecule has 1 aromatic carbocycles. The van der Waals surface area contributed by atoms with Crippen molar-refractivity contribution in [3.05, 3.63) is 22.7 Å². The fourth-order valence-corrected chi connectivity index (χ4v) is 4.72. The van der Waals surface area contributed by atoms with Crippen LogP contribution in [0.3, 0.4) is 0 Å². The molecule has 1 atom stereocenters. The lowest BCUT2D eigenvalue weighted by Gasteiger charge is -2.38. The maximum absolute atomic E-state index is 12.8. The zero-order chi connectivity index (χ0) is 15.8. The summed E-state index contributed by atoms with van der Waals surface area (Å²) >= 11 is 6.12. The number of nitrogen functional groups attached to an aromatic ring is 1. The second-order valence-corrected chi connectivity index (χ2v) is 8.05. The molecular weight excluding hydrogens is 312 g/mol. The number of aryl methyl sites for hydroxylation is 1. The standard InChI is InChI=1S/C14H21ClN2O3S/c1-10-7-11(15)13(8-12(10)16)21(18,19)17-6-4-5-14(2,9-17)20-3/h7-8H,4-6,9,16H2,1-3H3. The quantitative estimate of drug-likeness (QED) is 0.863. The molecule has 1 aliphatic heterocycles. The van der Waals surface area contributed by atoms with Crippen molar-refractivity contribution >= 4 is 27.3 Å². The number of halogens is 1. The van der Waals surface area contributed by atoms with E-state index in [1.54, 1.807) is 20.1 Å². The van der Waals surface area contributed by atoms with Gasteiger partial charge in [0, 0.05) is 25.9 Å². The van der Waals surface area contributed by atoms with Gasteiger partial charge in [0.25, 0.3) is 0 Å². The first-order chi connectivity index (χ1) is 9.69. The average Bonchev–Trinajstić information content (AvgIpc) is 2.42. The van der Waals surface area contributed by atoms with Crippen molar-refractivity contribution in [3.8, 4) is 0 Å². The number of sulfonamides is 1. The van der Waals surface area contributed by atoms with Crippen molar-refractivity contribution < 1.29 is 13.2 Å². The Morgan fingerprint density at radius 1 is 1.43 bits per heavy atom. The molecule has 1 heterocycles. The number of rotatable bonds is 3. The van der Waals surface area contributed by atoms with Gasteiger partial charge in [-0.3, -0.25) is 0 Å². The Morgan fingerprint density at radius 3 is 2.71 bits per heavy atom. The molecule has 0 bridgehead atoms. The number of hydrogen-bond acceptors (Lipinski definition) is 4. The number of ether oxygens (including phenoxy) is 1. The van der Waals surface area contributed by atoms with E-state index < -0.39 is 15.6 Å². The Kier molecular flexibility index (Phi) is 4.54. The van der Waals surface area contributed by atoms with E-state index in [0.29, 0.717) is 18.8 Å². The van der Waals surface area contributed by atoms with E-state index in [1.807, 2.05) is 6.92 Å². The highest BCUT2D eigenvalue weighted by atomic mass is 35.5. The minimum Gasteiger partial charge on any atom is -0.398 e. The fourth-order valence-electron chi connectivity index (χ4n) is 2.54. The summed E-state index contributed by atoms with van der Waals surface area (Å²) in [6, 6.07) is 3.02. The average molecular weight is 333 g/mol. The van der Waals surface area contributed by atoms with Crippen molar-refractivity contribution in [2.75, 3.05) is 25.9 Å².